The van der Waals surface area contributed by atoms with Gasteiger partial charge in [0.1, 0.15) is 0 Å². The van der Waals surface area contributed by atoms with E-state index in [2.05, 4.69) is 27.5 Å². The number of carbonyl (C=O) groups is 1. The Bertz CT molecular complexity index is 579. The van der Waals surface area contributed by atoms with Crippen LogP contribution in [0.5, 0.6) is 0 Å². The van der Waals surface area contributed by atoms with Crippen molar-refractivity contribution >= 4 is 22.4 Å². The molecule has 2 heterocycles. The van der Waals surface area contributed by atoms with Crippen LogP contribution < -0.4 is 5.32 Å². The second kappa shape index (κ2) is 7.12. The summed E-state index contributed by atoms with van der Waals surface area (Å²) >= 11 is 1.57. The number of carbonyl (C=O) groups excluding carboxylic acids is 1. The third-order valence-corrected chi connectivity index (χ3v) is 7.20. The minimum absolute atomic E-state index is 0.167. The number of hydrogen-bond acceptors (Lipinski definition) is 4. The Hall–Kier alpha value is -0.940. The average molecular weight is 348 g/mol. The number of thiazole rings is 1. The van der Waals surface area contributed by atoms with Gasteiger partial charge < -0.3 is 5.32 Å². The summed E-state index contributed by atoms with van der Waals surface area (Å²) in [6.07, 6.45) is 8.66. The van der Waals surface area contributed by atoms with Gasteiger partial charge in [0.25, 0.3) is 0 Å². The molecule has 4 nitrogen and oxygen atoms in total. The number of piperidine rings is 1. The normalized spacial score (nSPS) is 30.8. The van der Waals surface area contributed by atoms with E-state index in [-0.39, 0.29) is 5.91 Å². The number of hydrogen-bond donors (Lipinski definition) is 1. The van der Waals surface area contributed by atoms with Crippen LogP contribution in [-0.2, 0) is 11.3 Å². The maximum Gasteiger partial charge on any atom is 0.226 e. The number of rotatable bonds is 5. The van der Waals surface area contributed by atoms with Crippen LogP contribution in [0, 0.1) is 23.7 Å². The fourth-order valence-electron chi connectivity index (χ4n) is 4.92. The first-order valence-electron chi connectivity index (χ1n) is 9.62. The van der Waals surface area contributed by atoms with Crippen LogP contribution in [0.3, 0.4) is 0 Å². The van der Waals surface area contributed by atoms with Gasteiger partial charge in [0.15, 0.2) is 5.13 Å². The molecule has 1 aromatic rings. The second-order valence-corrected chi connectivity index (χ2v) is 9.15. The molecular weight excluding hydrogens is 318 g/mol. The number of likely N-dealkylation sites (tertiary alicyclic amines) is 1. The predicted octanol–water partition coefficient (Wildman–Crippen LogP) is 4.14. The summed E-state index contributed by atoms with van der Waals surface area (Å²) in [5.74, 6) is 3.37. The van der Waals surface area contributed by atoms with Crippen molar-refractivity contribution in [1.82, 2.24) is 9.88 Å². The SMILES string of the molecule is CC1CCN(Cc2csc(NC(=O)C[C@@H]3C[C@H]4CC[C@@H]3C4)n2)CC1. The van der Waals surface area contributed by atoms with Gasteiger partial charge >= 0.3 is 0 Å². The molecule has 0 spiro atoms. The van der Waals surface area contributed by atoms with Gasteiger partial charge in [-0.05, 0) is 68.9 Å². The van der Waals surface area contributed by atoms with E-state index >= 15 is 0 Å². The fraction of sp³-hybridized carbons (Fsp3) is 0.789. The second-order valence-electron chi connectivity index (χ2n) is 8.29. The Kier molecular flexibility index (Phi) is 4.90. The van der Waals surface area contributed by atoms with E-state index < -0.39 is 0 Å². The maximum atomic E-state index is 12.3. The van der Waals surface area contributed by atoms with Crippen LogP contribution in [0.1, 0.15) is 57.6 Å². The molecule has 1 N–H and O–H groups in total. The lowest BCUT2D eigenvalue weighted by molar-refractivity contribution is -0.117. The average Bonchev–Trinajstić information content (AvgIpc) is 3.27. The summed E-state index contributed by atoms with van der Waals surface area (Å²) in [7, 11) is 0. The third kappa shape index (κ3) is 3.83. The minimum atomic E-state index is 0.167. The Labute approximate surface area is 149 Å². The van der Waals surface area contributed by atoms with Crippen LogP contribution in [0.4, 0.5) is 5.13 Å². The van der Waals surface area contributed by atoms with Gasteiger partial charge in [-0.15, -0.1) is 11.3 Å². The summed E-state index contributed by atoms with van der Waals surface area (Å²) in [5.41, 5.74) is 1.10. The van der Waals surface area contributed by atoms with E-state index in [4.69, 9.17) is 0 Å². The Balaban J connectivity index is 1.25. The summed E-state index contributed by atoms with van der Waals surface area (Å²) in [6.45, 7) is 5.60. The zero-order chi connectivity index (χ0) is 16.5. The van der Waals surface area contributed by atoms with Crippen molar-refractivity contribution < 1.29 is 4.79 Å². The first kappa shape index (κ1) is 16.5. The third-order valence-electron chi connectivity index (χ3n) is 6.39. The van der Waals surface area contributed by atoms with Gasteiger partial charge in [0, 0.05) is 18.3 Å². The van der Waals surface area contributed by atoms with E-state index in [1.54, 1.807) is 11.3 Å². The molecule has 0 unspecified atom stereocenters. The van der Waals surface area contributed by atoms with Gasteiger partial charge in [-0.1, -0.05) is 13.3 Å². The van der Waals surface area contributed by atoms with Crippen LogP contribution >= 0.6 is 11.3 Å². The molecule has 3 atom stereocenters. The van der Waals surface area contributed by atoms with Crippen molar-refractivity contribution in [2.45, 2.75) is 58.4 Å². The highest BCUT2D eigenvalue weighted by Crippen LogP contribution is 2.49. The molecule has 1 aromatic heterocycles. The van der Waals surface area contributed by atoms with Gasteiger partial charge in [-0.2, -0.15) is 0 Å². The van der Waals surface area contributed by atoms with E-state index in [9.17, 15) is 4.79 Å². The van der Waals surface area contributed by atoms with Gasteiger partial charge in [-0.3, -0.25) is 9.69 Å². The van der Waals surface area contributed by atoms with Crippen molar-refractivity contribution in [3.8, 4) is 0 Å². The minimum Gasteiger partial charge on any atom is -0.302 e. The van der Waals surface area contributed by atoms with Crippen LogP contribution in [0.2, 0.25) is 0 Å². The maximum absolute atomic E-state index is 12.3. The summed E-state index contributed by atoms with van der Waals surface area (Å²) in [4.78, 5) is 19.4. The zero-order valence-corrected chi connectivity index (χ0v) is 15.5. The molecule has 3 aliphatic rings. The Morgan fingerprint density at radius 1 is 1.29 bits per heavy atom. The van der Waals surface area contributed by atoms with Gasteiger partial charge in [0.2, 0.25) is 5.91 Å². The van der Waals surface area contributed by atoms with Crippen molar-refractivity contribution in [3.63, 3.8) is 0 Å². The number of fused-ring (bicyclic) bond motifs is 2. The first-order valence-corrected chi connectivity index (χ1v) is 10.5. The number of aromatic nitrogens is 1. The standard InChI is InChI=1S/C19H29N3OS/c1-13-4-6-22(7-5-13)11-17-12-24-19(20-17)21-18(23)10-16-9-14-2-3-15(16)8-14/h12-16H,2-11H2,1H3,(H,20,21,23)/t14-,15+,16-/m0/s1. The summed E-state index contributed by atoms with van der Waals surface area (Å²) in [5, 5.41) is 5.93. The van der Waals surface area contributed by atoms with E-state index in [1.165, 1.54) is 51.6 Å². The van der Waals surface area contributed by atoms with Crippen LogP contribution in [0.15, 0.2) is 5.38 Å². The Morgan fingerprint density at radius 3 is 2.83 bits per heavy atom. The highest BCUT2D eigenvalue weighted by Gasteiger charge is 2.40. The highest BCUT2D eigenvalue weighted by atomic mass is 32.1. The van der Waals surface area contributed by atoms with Crippen molar-refractivity contribution in [2.75, 3.05) is 18.4 Å². The van der Waals surface area contributed by atoms with Gasteiger partial charge in [0.05, 0.1) is 5.69 Å². The molecule has 2 aliphatic carbocycles. The fourth-order valence-corrected chi connectivity index (χ4v) is 5.64. The largest absolute Gasteiger partial charge is 0.302 e. The van der Waals surface area contributed by atoms with E-state index in [1.807, 2.05) is 0 Å². The van der Waals surface area contributed by atoms with Crippen molar-refractivity contribution in [3.05, 3.63) is 11.1 Å². The van der Waals surface area contributed by atoms with Crippen LogP contribution in [0.25, 0.3) is 0 Å². The number of nitrogens with zero attached hydrogens (tertiary/aromatic N) is 2. The molecule has 3 fully saturated rings. The molecule has 4 rings (SSSR count). The smallest absolute Gasteiger partial charge is 0.226 e. The topological polar surface area (TPSA) is 45.2 Å². The molecule has 5 heteroatoms. The number of amides is 1. The lowest BCUT2D eigenvalue weighted by Crippen LogP contribution is -2.32. The predicted molar refractivity (Wildman–Crippen MR) is 98.0 cm³/mol. The summed E-state index contributed by atoms with van der Waals surface area (Å²) < 4.78 is 0. The molecule has 1 aliphatic heterocycles. The zero-order valence-electron chi connectivity index (χ0n) is 14.7. The van der Waals surface area contributed by atoms with Gasteiger partial charge in [-0.25, -0.2) is 4.98 Å². The molecule has 1 amide bonds. The highest BCUT2D eigenvalue weighted by molar-refractivity contribution is 7.13. The quantitative estimate of drug-likeness (QED) is 0.871. The van der Waals surface area contributed by atoms with E-state index in [0.717, 1.165) is 35.1 Å². The molecule has 1 saturated heterocycles. The monoisotopic (exact) mass is 347 g/mol. The number of anilines is 1. The first-order chi connectivity index (χ1) is 11.7. The molecule has 2 bridgehead atoms. The van der Waals surface area contributed by atoms with Crippen molar-refractivity contribution in [2.24, 2.45) is 23.7 Å². The Morgan fingerprint density at radius 2 is 2.12 bits per heavy atom. The lowest BCUT2D eigenvalue weighted by Gasteiger charge is -2.29. The molecule has 24 heavy (non-hydrogen) atoms. The van der Waals surface area contributed by atoms with E-state index in [0.29, 0.717) is 12.3 Å². The molecule has 0 aromatic carbocycles. The molecular formula is C19H29N3OS. The number of nitrogens with one attached hydrogen (secondary N) is 1. The molecule has 132 valence electrons. The molecule has 2 saturated carbocycles. The van der Waals surface area contributed by atoms with Crippen LogP contribution in [-0.4, -0.2) is 28.9 Å². The van der Waals surface area contributed by atoms with Crippen molar-refractivity contribution in [1.29, 1.82) is 0 Å². The summed E-state index contributed by atoms with van der Waals surface area (Å²) in [6, 6.07) is 0. The molecule has 0 radical (unpaired) electrons. The lowest BCUT2D eigenvalue weighted by atomic mass is 9.86.